The molecule has 0 radical (unpaired) electrons. The first-order valence-electron chi connectivity index (χ1n) is 7.48. The molecule has 1 aromatic carbocycles. The fourth-order valence-corrected chi connectivity index (χ4v) is 1.99. The molecule has 0 fully saturated rings. The van der Waals surface area contributed by atoms with E-state index in [0.29, 0.717) is 22.8 Å². The predicted molar refractivity (Wildman–Crippen MR) is 88.9 cm³/mol. The summed E-state index contributed by atoms with van der Waals surface area (Å²) in [4.78, 5) is 26.9. The fraction of sp³-hybridized carbons (Fsp3) is 0.294. The number of carbonyl (C=O) groups is 2. The van der Waals surface area contributed by atoms with Crippen molar-refractivity contribution in [2.75, 3.05) is 34.4 Å². The van der Waals surface area contributed by atoms with Gasteiger partial charge in [0.2, 0.25) is 0 Å². The second kappa shape index (κ2) is 9.45. The molecule has 8 nitrogen and oxygen atoms in total. The van der Waals surface area contributed by atoms with E-state index >= 15 is 0 Å². The number of rotatable bonds is 10. The Kier molecular flexibility index (Phi) is 7.00. The van der Waals surface area contributed by atoms with Crippen LogP contribution in [-0.4, -0.2) is 51.0 Å². The number of amides is 1. The van der Waals surface area contributed by atoms with Crippen LogP contribution in [0.25, 0.3) is 0 Å². The maximum absolute atomic E-state index is 12.3. The number of aromatic nitrogens is 1. The van der Waals surface area contributed by atoms with Gasteiger partial charge in [-0.2, -0.15) is 0 Å². The smallest absolute Gasteiger partial charge is 0.268 e. The first-order valence-corrected chi connectivity index (χ1v) is 7.48. The Balaban J connectivity index is 2.03. The highest BCUT2D eigenvalue weighted by molar-refractivity contribution is 6.01. The molecule has 1 amide bonds. The summed E-state index contributed by atoms with van der Waals surface area (Å²) in [5.74, 6) is 0.154. The Morgan fingerprint density at radius 2 is 1.76 bits per heavy atom. The number of hydrogen-bond donors (Lipinski definition) is 2. The second-order valence-corrected chi connectivity index (χ2v) is 4.95. The van der Waals surface area contributed by atoms with Gasteiger partial charge in [-0.1, -0.05) is 0 Å². The lowest BCUT2D eigenvalue weighted by atomic mass is 10.1. The Labute approximate surface area is 145 Å². The van der Waals surface area contributed by atoms with Crippen molar-refractivity contribution in [2.24, 2.45) is 0 Å². The molecule has 1 aromatic heterocycles. The third-order valence-electron chi connectivity index (χ3n) is 3.18. The number of aromatic amines is 1. The summed E-state index contributed by atoms with van der Waals surface area (Å²) >= 11 is 0. The standard InChI is InChI=1S/C17H20N2O6/c1-22-10-24-15-6-5-12(8-16(15)25-11-23-2)14(20)9-19-17(21)13-4-3-7-18-13/h3-8,18H,9-11H2,1-2H3,(H,19,21). The second-order valence-electron chi connectivity index (χ2n) is 4.95. The molecule has 2 aromatic rings. The molecule has 0 spiro atoms. The van der Waals surface area contributed by atoms with Crippen LogP contribution in [0.5, 0.6) is 11.5 Å². The number of ether oxygens (including phenoxy) is 4. The molecule has 0 saturated carbocycles. The van der Waals surface area contributed by atoms with Crippen molar-refractivity contribution in [3.05, 3.63) is 47.8 Å². The average molecular weight is 348 g/mol. The van der Waals surface area contributed by atoms with Gasteiger partial charge in [0.05, 0.1) is 6.54 Å². The van der Waals surface area contributed by atoms with E-state index in [4.69, 9.17) is 18.9 Å². The van der Waals surface area contributed by atoms with Crippen molar-refractivity contribution < 1.29 is 28.5 Å². The molecule has 0 unspecified atom stereocenters. The van der Waals surface area contributed by atoms with Gasteiger partial charge in [0.25, 0.3) is 5.91 Å². The first-order chi connectivity index (χ1) is 12.2. The molecule has 2 N–H and O–H groups in total. The molecule has 0 aliphatic carbocycles. The Morgan fingerprint density at radius 3 is 2.40 bits per heavy atom. The Morgan fingerprint density at radius 1 is 1.04 bits per heavy atom. The van der Waals surface area contributed by atoms with Crippen molar-refractivity contribution in [3.8, 4) is 11.5 Å². The predicted octanol–water partition coefficient (Wildman–Crippen LogP) is 1.59. The van der Waals surface area contributed by atoms with Crippen LogP contribution in [0.1, 0.15) is 20.8 Å². The van der Waals surface area contributed by atoms with Gasteiger partial charge in [0.15, 0.2) is 30.9 Å². The van der Waals surface area contributed by atoms with Gasteiger partial charge < -0.3 is 29.2 Å². The molecule has 1 heterocycles. The van der Waals surface area contributed by atoms with Crippen molar-refractivity contribution in [2.45, 2.75) is 0 Å². The maximum atomic E-state index is 12.3. The van der Waals surface area contributed by atoms with Crippen LogP contribution in [0.3, 0.4) is 0 Å². The minimum absolute atomic E-state index is 0.00451. The molecular weight excluding hydrogens is 328 g/mol. The molecule has 8 heteroatoms. The van der Waals surface area contributed by atoms with E-state index in [-0.39, 0.29) is 31.8 Å². The molecule has 0 atom stereocenters. The highest BCUT2D eigenvalue weighted by atomic mass is 16.7. The number of methoxy groups -OCH3 is 2. The van der Waals surface area contributed by atoms with Crippen LogP contribution in [0.15, 0.2) is 36.5 Å². The van der Waals surface area contributed by atoms with Gasteiger partial charge in [-0.3, -0.25) is 9.59 Å². The lowest BCUT2D eigenvalue weighted by Crippen LogP contribution is -2.29. The number of nitrogens with one attached hydrogen (secondary N) is 2. The molecule has 0 bridgehead atoms. The van der Waals surface area contributed by atoms with Crippen LogP contribution >= 0.6 is 0 Å². The van der Waals surface area contributed by atoms with E-state index in [1.807, 2.05) is 0 Å². The third kappa shape index (κ3) is 5.33. The van der Waals surface area contributed by atoms with Gasteiger partial charge in [0.1, 0.15) is 5.69 Å². The monoisotopic (exact) mass is 348 g/mol. The van der Waals surface area contributed by atoms with Gasteiger partial charge in [-0.25, -0.2) is 0 Å². The number of carbonyl (C=O) groups excluding carboxylic acids is 2. The quantitative estimate of drug-likeness (QED) is 0.500. The zero-order valence-corrected chi connectivity index (χ0v) is 14.0. The summed E-state index contributed by atoms with van der Waals surface area (Å²) in [5.41, 5.74) is 0.767. The van der Waals surface area contributed by atoms with Crippen LogP contribution < -0.4 is 14.8 Å². The van der Waals surface area contributed by atoms with Gasteiger partial charge in [-0.05, 0) is 30.3 Å². The fourth-order valence-electron chi connectivity index (χ4n) is 1.99. The van der Waals surface area contributed by atoms with Crippen molar-refractivity contribution >= 4 is 11.7 Å². The van der Waals surface area contributed by atoms with E-state index in [1.165, 1.54) is 20.3 Å². The minimum atomic E-state index is -0.353. The van der Waals surface area contributed by atoms with Gasteiger partial charge in [-0.15, -0.1) is 0 Å². The maximum Gasteiger partial charge on any atom is 0.268 e. The summed E-state index contributed by atoms with van der Waals surface area (Å²) in [6, 6.07) is 8.05. The molecular formula is C17H20N2O6. The molecule has 134 valence electrons. The van der Waals surface area contributed by atoms with Crippen molar-refractivity contribution in [1.29, 1.82) is 0 Å². The summed E-state index contributed by atoms with van der Waals surface area (Å²) in [5, 5.41) is 2.56. The Hall–Kier alpha value is -2.84. The van der Waals surface area contributed by atoms with E-state index in [1.54, 1.807) is 30.5 Å². The number of hydrogen-bond acceptors (Lipinski definition) is 6. The lowest BCUT2D eigenvalue weighted by Gasteiger charge is -2.13. The van der Waals surface area contributed by atoms with Gasteiger partial charge >= 0.3 is 0 Å². The lowest BCUT2D eigenvalue weighted by molar-refractivity contribution is 0.0322. The van der Waals surface area contributed by atoms with E-state index in [2.05, 4.69) is 10.3 Å². The molecule has 25 heavy (non-hydrogen) atoms. The molecule has 2 rings (SSSR count). The van der Waals surface area contributed by atoms with Crippen molar-refractivity contribution in [3.63, 3.8) is 0 Å². The largest absolute Gasteiger partial charge is 0.464 e. The summed E-state index contributed by atoms with van der Waals surface area (Å²) in [6.45, 7) is -0.0900. The Bertz CT molecular complexity index is 699. The number of benzene rings is 1. The SMILES string of the molecule is COCOc1ccc(C(=O)CNC(=O)c2ccc[nH]2)cc1OCOC. The first kappa shape index (κ1) is 18.5. The molecule has 0 aliphatic rings. The summed E-state index contributed by atoms with van der Waals surface area (Å²) in [7, 11) is 2.99. The minimum Gasteiger partial charge on any atom is -0.464 e. The van der Waals surface area contributed by atoms with E-state index < -0.39 is 0 Å². The number of ketones is 1. The zero-order chi connectivity index (χ0) is 18.1. The summed E-state index contributed by atoms with van der Waals surface area (Å²) in [6.07, 6.45) is 1.63. The number of H-pyrrole nitrogens is 1. The van der Waals surface area contributed by atoms with Crippen molar-refractivity contribution in [1.82, 2.24) is 10.3 Å². The molecule has 0 aliphatic heterocycles. The van der Waals surface area contributed by atoms with Crippen LogP contribution in [0.4, 0.5) is 0 Å². The normalized spacial score (nSPS) is 10.3. The van der Waals surface area contributed by atoms with Crippen LogP contribution in [0, 0.1) is 0 Å². The summed E-state index contributed by atoms with van der Waals surface area (Å²) < 4.78 is 20.5. The van der Waals surface area contributed by atoms with E-state index in [9.17, 15) is 9.59 Å². The van der Waals surface area contributed by atoms with Crippen LogP contribution in [0.2, 0.25) is 0 Å². The average Bonchev–Trinajstić information content (AvgIpc) is 3.17. The van der Waals surface area contributed by atoms with E-state index in [0.717, 1.165) is 0 Å². The third-order valence-corrected chi connectivity index (χ3v) is 3.18. The topological polar surface area (TPSA) is 98.9 Å². The highest BCUT2D eigenvalue weighted by Crippen LogP contribution is 2.28. The molecule has 0 saturated heterocycles. The number of Topliss-reactive ketones (excluding diaryl/α,β-unsaturated/α-hetero) is 1. The zero-order valence-electron chi connectivity index (χ0n) is 14.0. The highest BCUT2D eigenvalue weighted by Gasteiger charge is 2.14. The van der Waals surface area contributed by atoms with Crippen LogP contribution in [-0.2, 0) is 9.47 Å². The van der Waals surface area contributed by atoms with Gasteiger partial charge in [0, 0.05) is 26.0 Å².